The van der Waals surface area contributed by atoms with Crippen LogP contribution in [-0.4, -0.2) is 12.4 Å². The molecular weight excluding hydrogens is 232 g/mol. The largest absolute Gasteiger partial charge is 0.493 e. The number of hydrogen-bond donors (Lipinski definition) is 0. The van der Waals surface area contributed by atoms with Crippen molar-refractivity contribution in [2.45, 2.75) is 13.8 Å². The van der Waals surface area contributed by atoms with Gasteiger partial charge in [0.25, 0.3) is 0 Å². The Morgan fingerprint density at radius 3 is 2.77 bits per heavy atom. The maximum absolute atomic E-state index is 11.3. The average Bonchev–Trinajstić information content (AvgIpc) is 2.04. The normalized spacial score (nSPS) is 9.77. The molecule has 0 saturated carbocycles. The summed E-state index contributed by atoms with van der Waals surface area (Å²) in [5.41, 5.74) is 0.615. The van der Waals surface area contributed by atoms with E-state index in [1.807, 2.05) is 19.1 Å². The lowest BCUT2D eigenvalue weighted by Crippen LogP contribution is -2.01. The zero-order valence-electron chi connectivity index (χ0n) is 7.63. The highest BCUT2D eigenvalue weighted by Gasteiger charge is 2.11. The lowest BCUT2D eigenvalue weighted by molar-refractivity contribution is 0.101. The van der Waals surface area contributed by atoms with Gasteiger partial charge in [0.15, 0.2) is 5.78 Å². The van der Waals surface area contributed by atoms with Gasteiger partial charge >= 0.3 is 0 Å². The topological polar surface area (TPSA) is 26.3 Å². The molecule has 0 spiro atoms. The molecule has 0 unspecified atom stereocenters. The number of rotatable bonds is 3. The van der Waals surface area contributed by atoms with Gasteiger partial charge < -0.3 is 4.74 Å². The summed E-state index contributed by atoms with van der Waals surface area (Å²) in [4.78, 5) is 11.3. The summed E-state index contributed by atoms with van der Waals surface area (Å²) in [6.07, 6.45) is 0. The summed E-state index contributed by atoms with van der Waals surface area (Å²) in [6.45, 7) is 3.99. The number of hydrogen-bond acceptors (Lipinski definition) is 2. The third kappa shape index (κ3) is 2.31. The third-order valence-electron chi connectivity index (χ3n) is 1.63. The molecule has 1 rings (SSSR count). The molecule has 0 aliphatic heterocycles. The first-order valence-electron chi connectivity index (χ1n) is 4.09. The van der Waals surface area contributed by atoms with Crippen LogP contribution in [0.4, 0.5) is 0 Å². The van der Waals surface area contributed by atoms with Crippen LogP contribution in [-0.2, 0) is 0 Å². The van der Waals surface area contributed by atoms with E-state index < -0.39 is 0 Å². The van der Waals surface area contributed by atoms with Crippen LogP contribution in [0, 0.1) is 0 Å². The zero-order chi connectivity index (χ0) is 9.84. The minimum absolute atomic E-state index is 0.0101. The highest BCUT2D eigenvalue weighted by atomic mass is 79.9. The van der Waals surface area contributed by atoms with Crippen molar-refractivity contribution in [1.29, 1.82) is 0 Å². The van der Waals surface area contributed by atoms with E-state index in [0.717, 1.165) is 4.47 Å². The van der Waals surface area contributed by atoms with Gasteiger partial charge in [-0.15, -0.1) is 0 Å². The number of benzene rings is 1. The van der Waals surface area contributed by atoms with Crippen LogP contribution in [0.2, 0.25) is 0 Å². The standard InChI is InChI=1S/C10H11BrO2/c1-3-13-9-6-4-5-8(11)10(9)7(2)12/h4-6H,3H2,1-2H3. The minimum Gasteiger partial charge on any atom is -0.493 e. The zero-order valence-corrected chi connectivity index (χ0v) is 9.22. The Labute approximate surface area is 86.0 Å². The second kappa shape index (κ2) is 4.42. The lowest BCUT2D eigenvalue weighted by atomic mass is 10.1. The molecule has 0 heterocycles. The molecule has 0 radical (unpaired) electrons. The maximum Gasteiger partial charge on any atom is 0.164 e. The van der Waals surface area contributed by atoms with Gasteiger partial charge in [-0.25, -0.2) is 0 Å². The predicted molar refractivity (Wildman–Crippen MR) is 55.3 cm³/mol. The fourth-order valence-corrected chi connectivity index (χ4v) is 1.75. The van der Waals surface area contributed by atoms with Gasteiger partial charge in [0, 0.05) is 4.47 Å². The van der Waals surface area contributed by atoms with Crippen molar-refractivity contribution >= 4 is 21.7 Å². The Hall–Kier alpha value is -0.830. The van der Waals surface area contributed by atoms with Crippen LogP contribution in [0.15, 0.2) is 22.7 Å². The summed E-state index contributed by atoms with van der Waals surface area (Å²) in [6, 6.07) is 5.48. The van der Waals surface area contributed by atoms with Gasteiger partial charge in [-0.1, -0.05) is 6.07 Å². The van der Waals surface area contributed by atoms with Gasteiger partial charge in [-0.2, -0.15) is 0 Å². The predicted octanol–water partition coefficient (Wildman–Crippen LogP) is 3.05. The van der Waals surface area contributed by atoms with Crippen LogP contribution in [0.25, 0.3) is 0 Å². The summed E-state index contributed by atoms with van der Waals surface area (Å²) in [7, 11) is 0. The molecule has 0 bridgehead atoms. The Bertz CT molecular complexity index is 321. The van der Waals surface area contributed by atoms with E-state index in [4.69, 9.17) is 4.74 Å². The van der Waals surface area contributed by atoms with E-state index in [1.165, 1.54) is 6.92 Å². The van der Waals surface area contributed by atoms with Crippen LogP contribution in [0.3, 0.4) is 0 Å². The Kier molecular flexibility index (Phi) is 3.48. The number of Topliss-reactive ketones (excluding diaryl/α,β-unsaturated/α-hetero) is 1. The molecule has 1 aromatic carbocycles. The van der Waals surface area contributed by atoms with E-state index >= 15 is 0 Å². The fraction of sp³-hybridized carbons (Fsp3) is 0.300. The van der Waals surface area contributed by atoms with Gasteiger partial charge in [0.05, 0.1) is 12.2 Å². The molecule has 0 aliphatic rings. The first-order valence-corrected chi connectivity index (χ1v) is 4.88. The van der Waals surface area contributed by atoms with Crippen LogP contribution < -0.4 is 4.74 Å². The smallest absolute Gasteiger partial charge is 0.164 e. The van der Waals surface area contributed by atoms with Crippen LogP contribution in [0.5, 0.6) is 5.75 Å². The number of carbonyl (C=O) groups is 1. The van der Waals surface area contributed by atoms with Crippen molar-refractivity contribution in [1.82, 2.24) is 0 Å². The Morgan fingerprint density at radius 2 is 2.23 bits per heavy atom. The monoisotopic (exact) mass is 242 g/mol. The van der Waals surface area contributed by atoms with E-state index in [0.29, 0.717) is 17.9 Å². The van der Waals surface area contributed by atoms with E-state index in [2.05, 4.69) is 15.9 Å². The van der Waals surface area contributed by atoms with E-state index in [1.54, 1.807) is 6.07 Å². The summed E-state index contributed by atoms with van der Waals surface area (Å²) >= 11 is 3.32. The van der Waals surface area contributed by atoms with Gasteiger partial charge in [-0.3, -0.25) is 4.79 Å². The highest BCUT2D eigenvalue weighted by Crippen LogP contribution is 2.26. The molecule has 3 heteroatoms. The van der Waals surface area contributed by atoms with Crippen LogP contribution >= 0.6 is 15.9 Å². The fourth-order valence-electron chi connectivity index (χ4n) is 1.12. The van der Waals surface area contributed by atoms with Gasteiger partial charge in [0.2, 0.25) is 0 Å². The Balaban J connectivity index is 3.17. The average molecular weight is 243 g/mol. The highest BCUT2D eigenvalue weighted by molar-refractivity contribution is 9.10. The molecule has 0 aromatic heterocycles. The number of carbonyl (C=O) groups excluding carboxylic acids is 1. The van der Waals surface area contributed by atoms with Crippen molar-refractivity contribution in [3.63, 3.8) is 0 Å². The molecule has 0 aliphatic carbocycles. The second-order valence-corrected chi connectivity index (χ2v) is 3.46. The third-order valence-corrected chi connectivity index (χ3v) is 2.29. The number of halogens is 1. The first kappa shape index (κ1) is 10.3. The van der Waals surface area contributed by atoms with Crippen molar-refractivity contribution in [3.05, 3.63) is 28.2 Å². The SMILES string of the molecule is CCOc1cccc(Br)c1C(C)=O. The van der Waals surface area contributed by atoms with E-state index in [-0.39, 0.29) is 5.78 Å². The van der Waals surface area contributed by atoms with Crippen molar-refractivity contribution in [2.75, 3.05) is 6.61 Å². The molecule has 1 aromatic rings. The molecule has 13 heavy (non-hydrogen) atoms. The van der Waals surface area contributed by atoms with Crippen molar-refractivity contribution < 1.29 is 9.53 Å². The van der Waals surface area contributed by atoms with E-state index in [9.17, 15) is 4.79 Å². The molecule has 70 valence electrons. The van der Waals surface area contributed by atoms with Gasteiger partial charge in [0.1, 0.15) is 5.75 Å². The molecular formula is C10H11BrO2. The molecule has 2 nitrogen and oxygen atoms in total. The first-order chi connectivity index (χ1) is 6.16. The molecule has 0 saturated heterocycles. The summed E-state index contributed by atoms with van der Waals surface area (Å²) < 4.78 is 6.11. The molecule has 0 N–H and O–H groups in total. The second-order valence-electron chi connectivity index (χ2n) is 2.60. The summed E-state index contributed by atoms with van der Waals surface area (Å²) in [5.74, 6) is 0.653. The van der Waals surface area contributed by atoms with Crippen molar-refractivity contribution in [3.8, 4) is 5.75 Å². The van der Waals surface area contributed by atoms with Gasteiger partial charge in [-0.05, 0) is 41.9 Å². The maximum atomic E-state index is 11.3. The lowest BCUT2D eigenvalue weighted by Gasteiger charge is -2.08. The van der Waals surface area contributed by atoms with Crippen LogP contribution in [0.1, 0.15) is 24.2 Å². The molecule has 0 fully saturated rings. The number of ketones is 1. The van der Waals surface area contributed by atoms with Crippen molar-refractivity contribution in [2.24, 2.45) is 0 Å². The number of ether oxygens (including phenoxy) is 1. The Morgan fingerprint density at radius 1 is 1.54 bits per heavy atom. The molecule has 0 atom stereocenters. The minimum atomic E-state index is 0.0101. The summed E-state index contributed by atoms with van der Waals surface area (Å²) in [5, 5.41) is 0. The molecule has 0 amide bonds. The quantitative estimate of drug-likeness (QED) is 0.762.